The van der Waals surface area contributed by atoms with E-state index in [9.17, 15) is 4.79 Å². The fourth-order valence-corrected chi connectivity index (χ4v) is 3.20. The molecule has 23 heavy (non-hydrogen) atoms. The van der Waals surface area contributed by atoms with Crippen molar-refractivity contribution in [1.82, 2.24) is 14.4 Å². The predicted octanol–water partition coefficient (Wildman–Crippen LogP) is 3.73. The molecule has 2 aromatic carbocycles. The highest BCUT2D eigenvalue weighted by molar-refractivity contribution is 6.30. The summed E-state index contributed by atoms with van der Waals surface area (Å²) in [7, 11) is 0. The summed E-state index contributed by atoms with van der Waals surface area (Å²) in [6.45, 7) is 1.95. The first kappa shape index (κ1) is 14.0. The number of H-pyrrole nitrogens is 1. The van der Waals surface area contributed by atoms with Gasteiger partial charge in [-0.05, 0) is 36.8 Å². The van der Waals surface area contributed by atoms with Crippen LogP contribution in [0.2, 0.25) is 5.02 Å². The molecule has 4 nitrogen and oxygen atoms in total. The summed E-state index contributed by atoms with van der Waals surface area (Å²) < 4.78 is 2.00. The van der Waals surface area contributed by atoms with E-state index >= 15 is 0 Å². The van der Waals surface area contributed by atoms with Gasteiger partial charge in [0.15, 0.2) is 0 Å². The van der Waals surface area contributed by atoms with Crippen molar-refractivity contribution in [2.45, 2.75) is 13.3 Å². The zero-order valence-corrected chi connectivity index (χ0v) is 13.3. The molecule has 114 valence electrons. The molecular weight excluding hydrogens is 310 g/mol. The van der Waals surface area contributed by atoms with Gasteiger partial charge in [-0.1, -0.05) is 35.9 Å². The number of aryl methyl sites for hydroxylation is 1. The number of halogens is 1. The lowest BCUT2D eigenvalue weighted by Gasteiger charge is -2.08. The minimum absolute atomic E-state index is 0.106. The van der Waals surface area contributed by atoms with Crippen LogP contribution < -0.4 is 5.56 Å². The third kappa shape index (κ3) is 2.32. The number of imidazole rings is 1. The highest BCUT2D eigenvalue weighted by Gasteiger charge is 2.13. The van der Waals surface area contributed by atoms with E-state index in [-0.39, 0.29) is 5.56 Å². The van der Waals surface area contributed by atoms with Crippen molar-refractivity contribution in [3.8, 4) is 0 Å². The summed E-state index contributed by atoms with van der Waals surface area (Å²) >= 11 is 6.05. The van der Waals surface area contributed by atoms with Crippen LogP contribution in [0.4, 0.5) is 0 Å². The van der Waals surface area contributed by atoms with Crippen LogP contribution in [0.3, 0.4) is 0 Å². The largest absolute Gasteiger partial charge is 0.292 e. The van der Waals surface area contributed by atoms with Gasteiger partial charge in [0.05, 0.1) is 11.0 Å². The third-order valence-electron chi connectivity index (χ3n) is 4.10. The van der Waals surface area contributed by atoms with Gasteiger partial charge in [-0.15, -0.1) is 0 Å². The Kier molecular flexibility index (Phi) is 3.20. The standard InChI is InChI=1S/C18H14ClN3O/c1-11-14(10-12-5-4-6-13(19)9-12)17(23)21-18-20-15-7-2-3-8-16(15)22(11)18/h2-9H,10H2,1H3,(H,20,21,23). The van der Waals surface area contributed by atoms with Gasteiger partial charge in [0.1, 0.15) is 0 Å². The number of hydrogen-bond donors (Lipinski definition) is 1. The molecule has 0 saturated carbocycles. The molecule has 0 aliphatic carbocycles. The van der Waals surface area contributed by atoms with Gasteiger partial charge in [-0.3, -0.25) is 14.2 Å². The normalized spacial score (nSPS) is 11.4. The molecular formula is C18H14ClN3O. The van der Waals surface area contributed by atoms with Crippen LogP contribution in [-0.4, -0.2) is 14.4 Å². The summed E-state index contributed by atoms with van der Waals surface area (Å²) in [4.78, 5) is 19.9. The Morgan fingerprint density at radius 3 is 2.83 bits per heavy atom. The molecule has 0 saturated heterocycles. The second kappa shape index (κ2) is 5.25. The van der Waals surface area contributed by atoms with Crippen LogP contribution in [0, 0.1) is 6.92 Å². The summed E-state index contributed by atoms with van der Waals surface area (Å²) in [5, 5.41) is 0.672. The van der Waals surface area contributed by atoms with E-state index in [0.717, 1.165) is 27.9 Å². The monoisotopic (exact) mass is 323 g/mol. The van der Waals surface area contributed by atoms with E-state index in [1.54, 1.807) is 0 Å². The van der Waals surface area contributed by atoms with Crippen LogP contribution in [0.15, 0.2) is 53.3 Å². The van der Waals surface area contributed by atoms with Crippen LogP contribution in [0.1, 0.15) is 16.8 Å². The number of nitrogens with one attached hydrogen (secondary N) is 1. The van der Waals surface area contributed by atoms with Crippen molar-refractivity contribution >= 4 is 28.4 Å². The summed E-state index contributed by atoms with van der Waals surface area (Å²) in [5.41, 5.74) is 4.38. The second-order valence-corrected chi connectivity index (χ2v) is 6.02. The minimum Gasteiger partial charge on any atom is -0.292 e. The third-order valence-corrected chi connectivity index (χ3v) is 4.34. The molecule has 0 amide bonds. The number of para-hydroxylation sites is 2. The Labute approximate surface area is 137 Å². The van der Waals surface area contributed by atoms with Crippen molar-refractivity contribution in [3.63, 3.8) is 0 Å². The number of fused-ring (bicyclic) bond motifs is 3. The first-order valence-corrected chi connectivity index (χ1v) is 7.74. The van der Waals surface area contributed by atoms with Gasteiger partial charge in [-0.25, -0.2) is 4.98 Å². The second-order valence-electron chi connectivity index (χ2n) is 5.58. The Balaban J connectivity index is 1.96. The van der Waals surface area contributed by atoms with Crippen molar-refractivity contribution in [2.24, 2.45) is 0 Å². The SMILES string of the molecule is Cc1c(Cc2cccc(Cl)c2)c(=O)[nH]c2nc3ccccc3n12. The van der Waals surface area contributed by atoms with E-state index in [1.807, 2.05) is 59.9 Å². The molecule has 0 bridgehead atoms. The maximum atomic E-state index is 12.5. The number of nitrogens with zero attached hydrogens (tertiary/aromatic N) is 2. The van der Waals surface area contributed by atoms with E-state index in [0.29, 0.717) is 17.2 Å². The number of benzene rings is 2. The van der Waals surface area contributed by atoms with Crippen molar-refractivity contribution in [1.29, 1.82) is 0 Å². The van der Waals surface area contributed by atoms with E-state index in [2.05, 4.69) is 9.97 Å². The van der Waals surface area contributed by atoms with Gasteiger partial charge in [0.2, 0.25) is 5.78 Å². The molecule has 2 heterocycles. The summed E-state index contributed by atoms with van der Waals surface area (Å²) in [6, 6.07) is 15.4. The molecule has 2 aromatic heterocycles. The van der Waals surface area contributed by atoms with Crippen molar-refractivity contribution < 1.29 is 0 Å². The Morgan fingerprint density at radius 1 is 1.17 bits per heavy atom. The molecule has 0 fully saturated rings. The molecule has 0 radical (unpaired) electrons. The lowest BCUT2D eigenvalue weighted by atomic mass is 10.1. The Morgan fingerprint density at radius 2 is 2.00 bits per heavy atom. The molecule has 0 spiro atoms. The fraction of sp³-hybridized carbons (Fsp3) is 0.111. The lowest BCUT2D eigenvalue weighted by Crippen LogP contribution is -2.18. The highest BCUT2D eigenvalue weighted by Crippen LogP contribution is 2.19. The molecule has 0 atom stereocenters. The number of rotatable bonds is 2. The summed E-state index contributed by atoms with van der Waals surface area (Å²) in [6.07, 6.45) is 0.532. The average Bonchev–Trinajstić information content (AvgIpc) is 2.89. The highest BCUT2D eigenvalue weighted by atomic mass is 35.5. The van der Waals surface area contributed by atoms with Gasteiger partial charge in [0, 0.05) is 22.7 Å². The smallest absolute Gasteiger partial charge is 0.256 e. The molecule has 1 N–H and O–H groups in total. The average molecular weight is 324 g/mol. The van der Waals surface area contributed by atoms with Crippen molar-refractivity contribution in [3.05, 3.63) is 80.7 Å². The van der Waals surface area contributed by atoms with Crippen LogP contribution in [-0.2, 0) is 6.42 Å². The van der Waals surface area contributed by atoms with Gasteiger partial charge in [-0.2, -0.15) is 0 Å². The molecule has 0 aliphatic rings. The number of aromatic nitrogens is 3. The Bertz CT molecular complexity index is 1090. The quantitative estimate of drug-likeness (QED) is 0.611. The Hall–Kier alpha value is -2.59. The molecule has 0 unspecified atom stereocenters. The maximum Gasteiger partial charge on any atom is 0.256 e. The molecule has 0 aliphatic heterocycles. The first-order valence-electron chi connectivity index (χ1n) is 7.37. The van der Waals surface area contributed by atoms with Crippen LogP contribution >= 0.6 is 11.6 Å². The molecule has 5 heteroatoms. The van der Waals surface area contributed by atoms with Gasteiger partial charge in [0.25, 0.3) is 5.56 Å². The lowest BCUT2D eigenvalue weighted by molar-refractivity contribution is 0.966. The summed E-state index contributed by atoms with van der Waals surface area (Å²) in [5.74, 6) is 0.573. The molecule has 4 aromatic rings. The predicted molar refractivity (Wildman–Crippen MR) is 92.3 cm³/mol. The first-order chi connectivity index (χ1) is 11.1. The zero-order chi connectivity index (χ0) is 16.0. The number of hydrogen-bond acceptors (Lipinski definition) is 2. The van der Waals surface area contributed by atoms with Gasteiger partial charge >= 0.3 is 0 Å². The van der Waals surface area contributed by atoms with Crippen LogP contribution in [0.5, 0.6) is 0 Å². The fourth-order valence-electron chi connectivity index (χ4n) is 2.98. The van der Waals surface area contributed by atoms with E-state index < -0.39 is 0 Å². The topological polar surface area (TPSA) is 50.2 Å². The van der Waals surface area contributed by atoms with E-state index in [4.69, 9.17) is 11.6 Å². The van der Waals surface area contributed by atoms with Gasteiger partial charge < -0.3 is 0 Å². The van der Waals surface area contributed by atoms with E-state index in [1.165, 1.54) is 0 Å². The minimum atomic E-state index is -0.106. The van der Waals surface area contributed by atoms with Crippen LogP contribution in [0.25, 0.3) is 16.8 Å². The maximum absolute atomic E-state index is 12.5. The molecule has 4 rings (SSSR count). The zero-order valence-electron chi connectivity index (χ0n) is 12.5. The number of aromatic amines is 1. The van der Waals surface area contributed by atoms with Crippen molar-refractivity contribution in [2.75, 3.05) is 0 Å².